The van der Waals surface area contributed by atoms with Gasteiger partial charge in [-0.1, -0.05) is 28.1 Å². The monoisotopic (exact) mass is 281 g/mol. The smallest absolute Gasteiger partial charge is 0.161 e. The zero-order valence-corrected chi connectivity index (χ0v) is 10.4. The predicted molar refractivity (Wildman–Crippen MR) is 65.4 cm³/mol. The zero-order chi connectivity index (χ0) is 10.8. The molecule has 0 aliphatic heterocycles. The Hall–Kier alpha value is -1.00. The van der Waals surface area contributed by atoms with Gasteiger partial charge in [-0.05, 0) is 19.1 Å². The van der Waals surface area contributed by atoms with Crippen molar-refractivity contribution >= 4 is 33.6 Å². The first kappa shape index (κ1) is 10.5. The summed E-state index contributed by atoms with van der Waals surface area (Å²) >= 11 is 4.83. The Labute approximate surface area is 100 Å². The van der Waals surface area contributed by atoms with Crippen LogP contribution in [0.5, 0.6) is 0 Å². The van der Waals surface area contributed by atoms with Crippen LogP contribution in [0.25, 0.3) is 10.6 Å². The maximum Gasteiger partial charge on any atom is 0.161 e. The lowest BCUT2D eigenvalue weighted by Gasteiger charge is -1.95. The van der Waals surface area contributed by atoms with Gasteiger partial charge in [0.2, 0.25) is 0 Å². The molecule has 1 heterocycles. The fourth-order valence-corrected chi connectivity index (χ4v) is 2.54. The quantitative estimate of drug-likeness (QED) is 0.786. The molecule has 0 saturated carbocycles. The number of hydrogen-bond acceptors (Lipinski definition) is 3. The molecule has 0 N–H and O–H groups in total. The number of aromatic nitrogens is 1. The van der Waals surface area contributed by atoms with Crippen LogP contribution in [0.1, 0.15) is 15.4 Å². The van der Waals surface area contributed by atoms with Gasteiger partial charge < -0.3 is 0 Å². The molecule has 0 fully saturated rings. The van der Waals surface area contributed by atoms with Crippen molar-refractivity contribution in [2.75, 3.05) is 0 Å². The third-order valence-electron chi connectivity index (χ3n) is 2.01. The molecular formula is C11H8BrNOS. The average molecular weight is 282 g/mol. The third kappa shape index (κ3) is 2.16. The Bertz CT molecular complexity index is 507. The molecule has 0 unspecified atom stereocenters. The Morgan fingerprint density at radius 3 is 2.87 bits per heavy atom. The van der Waals surface area contributed by atoms with Gasteiger partial charge in [-0.15, -0.1) is 11.3 Å². The van der Waals surface area contributed by atoms with E-state index in [-0.39, 0.29) is 0 Å². The minimum atomic E-state index is 0.699. The Kier molecular flexibility index (Phi) is 2.98. The number of thiazole rings is 1. The van der Waals surface area contributed by atoms with Crippen molar-refractivity contribution in [2.24, 2.45) is 0 Å². The van der Waals surface area contributed by atoms with E-state index < -0.39 is 0 Å². The lowest BCUT2D eigenvalue weighted by Crippen LogP contribution is -1.78. The molecule has 0 amide bonds. The van der Waals surface area contributed by atoms with Crippen molar-refractivity contribution in [2.45, 2.75) is 6.92 Å². The highest BCUT2D eigenvalue weighted by molar-refractivity contribution is 9.10. The molecule has 0 bridgehead atoms. The van der Waals surface area contributed by atoms with Crippen molar-refractivity contribution in [3.63, 3.8) is 0 Å². The number of hydrogen-bond donors (Lipinski definition) is 0. The Balaban J connectivity index is 2.49. The fourth-order valence-electron chi connectivity index (χ4n) is 1.26. The van der Waals surface area contributed by atoms with Crippen molar-refractivity contribution in [3.8, 4) is 10.6 Å². The van der Waals surface area contributed by atoms with E-state index in [4.69, 9.17) is 0 Å². The molecule has 4 heteroatoms. The van der Waals surface area contributed by atoms with E-state index in [1.807, 2.05) is 31.2 Å². The summed E-state index contributed by atoms with van der Waals surface area (Å²) < 4.78 is 1.01. The third-order valence-corrected chi connectivity index (χ3v) is 3.64. The Morgan fingerprint density at radius 1 is 1.47 bits per heavy atom. The van der Waals surface area contributed by atoms with Crippen LogP contribution in [-0.2, 0) is 0 Å². The summed E-state index contributed by atoms with van der Waals surface area (Å²) in [6.07, 6.45) is 0.856. The molecule has 2 aromatic rings. The van der Waals surface area contributed by atoms with Crippen molar-refractivity contribution < 1.29 is 4.79 Å². The number of aryl methyl sites for hydroxylation is 1. The van der Waals surface area contributed by atoms with E-state index in [1.165, 1.54) is 11.3 Å². The number of carbonyl (C=O) groups excluding carboxylic acids is 1. The summed E-state index contributed by atoms with van der Waals surface area (Å²) in [4.78, 5) is 15.8. The predicted octanol–water partition coefficient (Wildman–Crippen LogP) is 3.69. The molecule has 1 aromatic heterocycles. The SMILES string of the molecule is Cc1nc(-c2cccc(Br)c2)sc1C=O. The number of aldehydes is 1. The minimum absolute atomic E-state index is 0.699. The number of benzene rings is 1. The van der Waals surface area contributed by atoms with E-state index in [0.29, 0.717) is 4.88 Å². The molecule has 0 spiro atoms. The van der Waals surface area contributed by atoms with Gasteiger partial charge in [0.15, 0.2) is 6.29 Å². The highest BCUT2D eigenvalue weighted by atomic mass is 79.9. The van der Waals surface area contributed by atoms with Gasteiger partial charge in [-0.2, -0.15) is 0 Å². The van der Waals surface area contributed by atoms with Gasteiger partial charge >= 0.3 is 0 Å². The molecule has 0 aliphatic carbocycles. The van der Waals surface area contributed by atoms with E-state index in [0.717, 1.165) is 27.0 Å². The van der Waals surface area contributed by atoms with E-state index >= 15 is 0 Å². The normalized spacial score (nSPS) is 10.3. The summed E-state index contributed by atoms with van der Waals surface area (Å²) in [6.45, 7) is 1.85. The van der Waals surface area contributed by atoms with Crippen LogP contribution < -0.4 is 0 Å². The molecule has 0 atom stereocenters. The topological polar surface area (TPSA) is 30.0 Å². The molecule has 2 nitrogen and oxygen atoms in total. The molecule has 1 aromatic carbocycles. The molecule has 0 radical (unpaired) electrons. The van der Waals surface area contributed by atoms with Crippen LogP contribution in [0, 0.1) is 6.92 Å². The minimum Gasteiger partial charge on any atom is -0.297 e. The number of nitrogens with zero attached hydrogens (tertiary/aromatic N) is 1. The van der Waals surface area contributed by atoms with Crippen LogP contribution in [-0.4, -0.2) is 11.3 Å². The second kappa shape index (κ2) is 4.24. The van der Waals surface area contributed by atoms with E-state index in [9.17, 15) is 4.79 Å². The maximum absolute atomic E-state index is 10.7. The summed E-state index contributed by atoms with van der Waals surface area (Å²) in [7, 11) is 0. The van der Waals surface area contributed by atoms with Gasteiger partial charge in [-0.25, -0.2) is 4.98 Å². The number of carbonyl (C=O) groups is 1. The van der Waals surface area contributed by atoms with Crippen LogP contribution >= 0.6 is 27.3 Å². The second-order valence-electron chi connectivity index (χ2n) is 3.10. The molecule has 76 valence electrons. The summed E-state index contributed by atoms with van der Waals surface area (Å²) in [5, 5.41) is 0.885. The first-order valence-electron chi connectivity index (χ1n) is 4.39. The summed E-state index contributed by atoms with van der Waals surface area (Å²) in [6, 6.07) is 7.89. The standard InChI is InChI=1S/C11H8BrNOS/c1-7-10(6-14)15-11(13-7)8-3-2-4-9(12)5-8/h2-6H,1H3. The zero-order valence-electron chi connectivity index (χ0n) is 8.03. The number of rotatable bonds is 2. The van der Waals surface area contributed by atoms with Crippen LogP contribution in [0.15, 0.2) is 28.7 Å². The molecular weight excluding hydrogens is 274 g/mol. The van der Waals surface area contributed by atoms with Crippen molar-refractivity contribution in [1.29, 1.82) is 0 Å². The van der Waals surface area contributed by atoms with Gasteiger partial charge in [0.05, 0.1) is 10.6 Å². The Morgan fingerprint density at radius 2 is 2.27 bits per heavy atom. The fraction of sp³-hybridized carbons (Fsp3) is 0.0909. The maximum atomic E-state index is 10.7. The first-order chi connectivity index (χ1) is 7.20. The highest BCUT2D eigenvalue weighted by Gasteiger charge is 2.08. The molecule has 2 rings (SSSR count). The van der Waals surface area contributed by atoms with Gasteiger partial charge in [-0.3, -0.25) is 4.79 Å². The lowest BCUT2D eigenvalue weighted by atomic mass is 10.2. The number of halogens is 1. The van der Waals surface area contributed by atoms with E-state index in [2.05, 4.69) is 20.9 Å². The highest BCUT2D eigenvalue weighted by Crippen LogP contribution is 2.28. The van der Waals surface area contributed by atoms with Gasteiger partial charge in [0, 0.05) is 10.0 Å². The largest absolute Gasteiger partial charge is 0.297 e. The molecule has 15 heavy (non-hydrogen) atoms. The first-order valence-corrected chi connectivity index (χ1v) is 6.00. The second-order valence-corrected chi connectivity index (χ2v) is 5.04. The van der Waals surface area contributed by atoms with Crippen LogP contribution in [0.2, 0.25) is 0 Å². The van der Waals surface area contributed by atoms with Gasteiger partial charge in [0.25, 0.3) is 0 Å². The van der Waals surface area contributed by atoms with Crippen molar-refractivity contribution in [3.05, 3.63) is 39.3 Å². The molecule has 0 saturated heterocycles. The lowest BCUT2D eigenvalue weighted by molar-refractivity contribution is 0.112. The summed E-state index contributed by atoms with van der Waals surface area (Å²) in [5.74, 6) is 0. The average Bonchev–Trinajstić information content (AvgIpc) is 2.60. The van der Waals surface area contributed by atoms with E-state index in [1.54, 1.807) is 0 Å². The van der Waals surface area contributed by atoms with Crippen LogP contribution in [0.4, 0.5) is 0 Å². The summed E-state index contributed by atoms with van der Waals surface area (Å²) in [5.41, 5.74) is 1.83. The van der Waals surface area contributed by atoms with Gasteiger partial charge in [0.1, 0.15) is 5.01 Å². The van der Waals surface area contributed by atoms with Crippen LogP contribution in [0.3, 0.4) is 0 Å². The van der Waals surface area contributed by atoms with Crippen molar-refractivity contribution in [1.82, 2.24) is 4.98 Å². The molecule has 0 aliphatic rings.